The fourth-order valence-corrected chi connectivity index (χ4v) is 7.54. The van der Waals surface area contributed by atoms with E-state index in [0.29, 0.717) is 42.3 Å². The van der Waals surface area contributed by atoms with E-state index in [1.54, 1.807) is 18.2 Å². The first-order chi connectivity index (χ1) is 18.5. The van der Waals surface area contributed by atoms with Crippen molar-refractivity contribution in [3.05, 3.63) is 58.9 Å². The van der Waals surface area contributed by atoms with Crippen molar-refractivity contribution in [3.63, 3.8) is 0 Å². The van der Waals surface area contributed by atoms with Gasteiger partial charge in [0.25, 0.3) is 5.91 Å². The summed E-state index contributed by atoms with van der Waals surface area (Å²) in [5, 5.41) is 48.8. The quantitative estimate of drug-likeness (QED) is 0.349. The van der Waals surface area contributed by atoms with Crippen molar-refractivity contribution in [1.82, 2.24) is 4.90 Å². The van der Waals surface area contributed by atoms with Crippen molar-refractivity contribution in [3.8, 4) is 17.2 Å². The van der Waals surface area contributed by atoms with E-state index >= 15 is 0 Å². The highest BCUT2D eigenvalue weighted by Gasteiger charge is 2.69. The minimum absolute atomic E-state index is 0.0182. The number of fused-ring (bicyclic) bond motifs is 1. The normalized spacial score (nSPS) is 30.1. The smallest absolute Gasteiger partial charge is 0.255 e. The number of aliphatic hydroxyl groups is 2. The summed E-state index contributed by atoms with van der Waals surface area (Å²) in [6.07, 6.45) is 3.27. The maximum atomic E-state index is 13.6. The molecule has 4 atom stereocenters. The van der Waals surface area contributed by atoms with Crippen LogP contribution in [-0.4, -0.2) is 62.1 Å². The molecule has 0 spiro atoms. The summed E-state index contributed by atoms with van der Waals surface area (Å²) in [4.78, 5) is 16.0. The van der Waals surface area contributed by atoms with Crippen molar-refractivity contribution < 1.29 is 30.0 Å². The van der Waals surface area contributed by atoms with E-state index in [4.69, 9.17) is 4.74 Å². The molecule has 0 radical (unpaired) electrons. The summed E-state index contributed by atoms with van der Waals surface area (Å²) in [5.74, 6) is -0.464. The van der Waals surface area contributed by atoms with Gasteiger partial charge in [0, 0.05) is 47.7 Å². The number of amides is 1. The molecule has 6 rings (SSSR count). The second-order valence-electron chi connectivity index (χ2n) is 12.2. The van der Waals surface area contributed by atoms with E-state index in [1.165, 1.54) is 18.9 Å². The van der Waals surface area contributed by atoms with Gasteiger partial charge >= 0.3 is 0 Å². The van der Waals surface area contributed by atoms with Crippen LogP contribution in [0.4, 0.5) is 5.69 Å². The molecule has 8 heteroatoms. The number of benzene rings is 2. The average molecular weight is 535 g/mol. The van der Waals surface area contributed by atoms with Crippen molar-refractivity contribution in [1.29, 1.82) is 0 Å². The van der Waals surface area contributed by atoms with Crippen LogP contribution in [0.1, 0.15) is 57.6 Å². The Morgan fingerprint density at radius 2 is 1.95 bits per heavy atom. The van der Waals surface area contributed by atoms with Crippen LogP contribution in [0.3, 0.4) is 0 Å². The van der Waals surface area contributed by atoms with E-state index in [0.717, 1.165) is 12.1 Å². The van der Waals surface area contributed by atoms with Gasteiger partial charge in [0.05, 0.1) is 17.3 Å². The number of phenolic OH excluding ortho intramolecular Hbond substituents is 2. The number of piperidine rings is 1. The fraction of sp³-hybridized carbons (Fsp3) is 0.516. The van der Waals surface area contributed by atoms with Crippen LogP contribution in [0.25, 0.3) is 0 Å². The lowest BCUT2D eigenvalue weighted by Crippen LogP contribution is -2.75. The number of likely N-dealkylation sites (tertiary alicyclic amines) is 1. The molecule has 2 aromatic rings. The van der Waals surface area contributed by atoms with Gasteiger partial charge < -0.3 is 30.5 Å². The predicted octanol–water partition coefficient (Wildman–Crippen LogP) is 4.38. The lowest BCUT2D eigenvalue weighted by Gasteiger charge is -2.65. The molecule has 1 heterocycles. The third-order valence-electron chi connectivity index (χ3n) is 9.49. The molecule has 3 aliphatic carbocycles. The molecule has 8 nitrogen and oxygen atoms in total. The topological polar surface area (TPSA) is 122 Å². The maximum absolute atomic E-state index is 13.6. The fourth-order valence-electron chi connectivity index (χ4n) is 7.54. The average Bonchev–Trinajstić information content (AvgIpc) is 3.69. The van der Waals surface area contributed by atoms with Crippen LogP contribution in [0, 0.1) is 11.8 Å². The van der Waals surface area contributed by atoms with Gasteiger partial charge in [0.15, 0.2) is 11.5 Å². The second-order valence-corrected chi connectivity index (χ2v) is 12.2. The van der Waals surface area contributed by atoms with E-state index in [-0.39, 0.29) is 41.4 Å². The Kier molecular flexibility index (Phi) is 6.11. The molecular weight excluding hydrogens is 496 g/mol. The zero-order valence-corrected chi connectivity index (χ0v) is 22.8. The summed E-state index contributed by atoms with van der Waals surface area (Å²) in [5.41, 5.74) is -0.422. The molecule has 2 fully saturated rings. The van der Waals surface area contributed by atoms with Crippen molar-refractivity contribution in [2.24, 2.45) is 11.8 Å². The summed E-state index contributed by atoms with van der Waals surface area (Å²) in [6.45, 7) is 7.27. The summed E-state index contributed by atoms with van der Waals surface area (Å²) in [7, 11) is 0. The summed E-state index contributed by atoms with van der Waals surface area (Å²) in [6, 6.07) is 10.1. The van der Waals surface area contributed by atoms with Crippen molar-refractivity contribution in [2.75, 3.05) is 18.4 Å². The van der Waals surface area contributed by atoms with E-state index < -0.39 is 22.8 Å². The lowest BCUT2D eigenvalue weighted by molar-refractivity contribution is -0.171. The van der Waals surface area contributed by atoms with Gasteiger partial charge in [0.1, 0.15) is 11.5 Å². The minimum Gasteiger partial charge on any atom is -0.512 e. The number of hydrogen-bond acceptors (Lipinski definition) is 7. The number of allylic oxidation sites excluding steroid dienone is 1. The van der Waals surface area contributed by atoms with Gasteiger partial charge in [-0.2, -0.15) is 0 Å². The Bertz CT molecular complexity index is 1350. The molecule has 5 N–H and O–H groups in total. The minimum atomic E-state index is -1.43. The third kappa shape index (κ3) is 3.99. The Morgan fingerprint density at radius 3 is 2.67 bits per heavy atom. The highest BCUT2D eigenvalue weighted by atomic mass is 16.5. The number of nitrogens with one attached hydrogen (secondary N) is 1. The Hall–Kier alpha value is -3.23. The molecule has 0 aromatic heterocycles. The number of phenols is 2. The van der Waals surface area contributed by atoms with Crippen molar-refractivity contribution >= 4 is 11.6 Å². The van der Waals surface area contributed by atoms with Gasteiger partial charge in [-0.3, -0.25) is 9.69 Å². The number of rotatable bonds is 6. The van der Waals surface area contributed by atoms with E-state index in [1.807, 2.05) is 32.9 Å². The largest absolute Gasteiger partial charge is 0.512 e. The maximum Gasteiger partial charge on any atom is 0.255 e. The SMILES string of the molecule is CC(C)Oc1cccc(NC(=O)C2=C(O)[C@H](C)[C@]34CCN(CC5CC5)[C@H](Cc5ccc(O)c(O)c53)[C@]4(O)C2)c1. The monoisotopic (exact) mass is 534 g/mol. The van der Waals surface area contributed by atoms with Gasteiger partial charge in [-0.25, -0.2) is 0 Å². The van der Waals surface area contributed by atoms with Gasteiger partial charge in [-0.1, -0.05) is 19.1 Å². The van der Waals surface area contributed by atoms with Gasteiger partial charge in [0.2, 0.25) is 0 Å². The van der Waals surface area contributed by atoms with Crippen LogP contribution in [0.5, 0.6) is 17.2 Å². The number of anilines is 1. The van der Waals surface area contributed by atoms with Gasteiger partial charge in [-0.05, 0) is 75.8 Å². The third-order valence-corrected chi connectivity index (χ3v) is 9.49. The Morgan fingerprint density at radius 1 is 1.18 bits per heavy atom. The molecule has 4 aliphatic rings. The molecule has 1 aliphatic heterocycles. The molecule has 1 saturated carbocycles. The number of hydrogen-bond donors (Lipinski definition) is 5. The molecule has 1 amide bonds. The first kappa shape index (κ1) is 26.0. The van der Waals surface area contributed by atoms with Crippen LogP contribution in [0.2, 0.25) is 0 Å². The van der Waals surface area contributed by atoms with E-state index in [9.17, 15) is 25.2 Å². The highest BCUT2D eigenvalue weighted by Crippen LogP contribution is 2.64. The zero-order chi connectivity index (χ0) is 27.7. The number of aliphatic hydroxyl groups excluding tert-OH is 1. The standard InChI is InChI=1S/C31H38N2O6/c1-17(2)39-22-6-4-5-21(14-22)32-29(37)23-15-31(38)25-13-20-9-10-24(34)28(36)26(20)30(31,18(3)27(23)35)11-12-33(25)16-19-7-8-19/h4-6,9-10,14,17-19,25,34-36,38H,7-8,11-13,15-16H2,1-3H3,(H,32,37)/t18-,25+,30+,31+/m0/s1. The van der Waals surface area contributed by atoms with Crippen molar-refractivity contribution in [2.45, 2.75) is 76.0 Å². The lowest BCUT2D eigenvalue weighted by atomic mass is 9.46. The predicted molar refractivity (Wildman–Crippen MR) is 147 cm³/mol. The second kappa shape index (κ2) is 9.17. The number of ether oxygens (including phenoxy) is 1. The first-order valence-electron chi connectivity index (χ1n) is 14.1. The Labute approximate surface area is 228 Å². The number of aromatic hydroxyl groups is 2. The first-order valence-corrected chi connectivity index (χ1v) is 14.1. The van der Waals surface area contributed by atoms with Crippen LogP contribution < -0.4 is 10.1 Å². The van der Waals surface area contributed by atoms with Crippen LogP contribution >= 0.6 is 0 Å². The number of carbonyl (C=O) groups is 1. The highest BCUT2D eigenvalue weighted by molar-refractivity contribution is 6.04. The van der Waals surface area contributed by atoms with E-state index in [2.05, 4.69) is 10.2 Å². The Balaban J connectivity index is 1.42. The molecule has 0 unspecified atom stereocenters. The molecule has 1 saturated heterocycles. The number of nitrogens with zero attached hydrogens (tertiary/aromatic N) is 1. The summed E-state index contributed by atoms with van der Waals surface area (Å²) >= 11 is 0. The number of carbonyl (C=O) groups excluding carboxylic acids is 1. The molecular formula is C31H38N2O6. The molecule has 208 valence electrons. The summed E-state index contributed by atoms with van der Waals surface area (Å²) < 4.78 is 5.76. The molecule has 2 bridgehead atoms. The molecule has 39 heavy (non-hydrogen) atoms. The zero-order valence-electron chi connectivity index (χ0n) is 22.8. The van der Waals surface area contributed by atoms with Crippen LogP contribution in [-0.2, 0) is 16.6 Å². The molecule has 2 aromatic carbocycles. The van der Waals surface area contributed by atoms with Gasteiger partial charge in [-0.15, -0.1) is 0 Å². The van der Waals surface area contributed by atoms with Crippen LogP contribution in [0.15, 0.2) is 47.7 Å².